The molecule has 2 aromatic rings. The van der Waals surface area contributed by atoms with Crippen molar-refractivity contribution in [2.45, 2.75) is 12.5 Å². The van der Waals surface area contributed by atoms with Crippen molar-refractivity contribution in [1.29, 1.82) is 0 Å². The van der Waals surface area contributed by atoms with Crippen LogP contribution in [0.15, 0.2) is 29.6 Å². The minimum Gasteiger partial charge on any atom is -0.387 e. The molecule has 1 N–H and O–H groups in total. The Kier molecular flexibility index (Phi) is 4.34. The van der Waals surface area contributed by atoms with Crippen LogP contribution in [-0.4, -0.2) is 5.11 Å². The number of rotatable bonds is 3. The Balaban J connectivity index is 2.12. The Morgan fingerprint density at radius 2 is 1.88 bits per heavy atom. The summed E-state index contributed by atoms with van der Waals surface area (Å²) in [5.74, 6) is 0. The van der Waals surface area contributed by atoms with Crippen LogP contribution in [0.3, 0.4) is 0 Å². The van der Waals surface area contributed by atoms with Crippen molar-refractivity contribution in [3.8, 4) is 0 Å². The van der Waals surface area contributed by atoms with E-state index < -0.39 is 6.10 Å². The summed E-state index contributed by atoms with van der Waals surface area (Å²) in [6.07, 6.45) is -0.0713. The topological polar surface area (TPSA) is 20.2 Å². The summed E-state index contributed by atoms with van der Waals surface area (Å²) in [6.45, 7) is 0. The normalized spacial score (nSPS) is 12.7. The van der Waals surface area contributed by atoms with E-state index in [1.54, 1.807) is 23.6 Å². The van der Waals surface area contributed by atoms with Crippen molar-refractivity contribution in [2.24, 2.45) is 0 Å². The molecule has 1 atom stereocenters. The lowest BCUT2D eigenvalue weighted by atomic mass is 10.1. The van der Waals surface area contributed by atoms with Gasteiger partial charge >= 0.3 is 0 Å². The highest BCUT2D eigenvalue weighted by atomic mass is 35.5. The minimum atomic E-state index is -0.565. The molecule has 1 aromatic heterocycles. The average Bonchev–Trinajstić information content (AvgIpc) is 2.70. The van der Waals surface area contributed by atoms with Gasteiger partial charge < -0.3 is 5.11 Å². The van der Waals surface area contributed by atoms with Crippen molar-refractivity contribution in [3.05, 3.63) is 55.2 Å². The first-order chi connectivity index (χ1) is 8.06. The second-order valence-electron chi connectivity index (χ2n) is 3.64. The van der Waals surface area contributed by atoms with Gasteiger partial charge in [0, 0.05) is 16.7 Å². The molecule has 0 saturated carbocycles. The molecule has 0 aliphatic rings. The molecule has 90 valence electrons. The lowest BCUT2D eigenvalue weighted by molar-refractivity contribution is 0.182. The quantitative estimate of drug-likeness (QED) is 0.847. The van der Waals surface area contributed by atoms with Crippen molar-refractivity contribution in [1.82, 2.24) is 0 Å². The number of aliphatic hydroxyl groups is 1. The fourth-order valence-corrected chi connectivity index (χ4v) is 2.88. The fraction of sp³-hybridized carbons (Fsp3) is 0.167. The second kappa shape index (κ2) is 5.59. The van der Waals surface area contributed by atoms with E-state index in [-0.39, 0.29) is 0 Å². The number of hydrogen-bond donors (Lipinski definition) is 1. The number of hydrogen-bond acceptors (Lipinski definition) is 2. The van der Waals surface area contributed by atoms with Gasteiger partial charge in [-0.2, -0.15) is 0 Å². The van der Waals surface area contributed by atoms with E-state index >= 15 is 0 Å². The van der Waals surface area contributed by atoms with Gasteiger partial charge in [-0.05, 0) is 23.8 Å². The molecule has 0 radical (unpaired) electrons. The Morgan fingerprint density at radius 1 is 1.12 bits per heavy atom. The van der Waals surface area contributed by atoms with Crippen LogP contribution in [0, 0.1) is 0 Å². The molecule has 1 heterocycles. The van der Waals surface area contributed by atoms with E-state index in [0.29, 0.717) is 21.5 Å². The van der Waals surface area contributed by atoms with Crippen molar-refractivity contribution < 1.29 is 5.11 Å². The maximum Gasteiger partial charge on any atom is 0.0922 e. The average molecular weight is 308 g/mol. The van der Waals surface area contributed by atoms with E-state index in [1.165, 1.54) is 11.3 Å². The van der Waals surface area contributed by atoms with Crippen molar-refractivity contribution in [3.63, 3.8) is 0 Å². The smallest absolute Gasteiger partial charge is 0.0922 e. The molecule has 0 amide bonds. The van der Waals surface area contributed by atoms with Crippen LogP contribution < -0.4 is 0 Å². The van der Waals surface area contributed by atoms with Gasteiger partial charge in [-0.15, -0.1) is 11.3 Å². The fourth-order valence-electron chi connectivity index (χ4n) is 1.49. The zero-order valence-electron chi connectivity index (χ0n) is 8.66. The predicted octanol–water partition coefficient (Wildman–Crippen LogP) is 4.98. The first-order valence-electron chi connectivity index (χ1n) is 4.92. The maximum absolute atomic E-state index is 10.0. The Morgan fingerprint density at radius 3 is 2.47 bits per heavy atom. The second-order valence-corrected chi connectivity index (χ2v) is 5.83. The van der Waals surface area contributed by atoms with E-state index in [0.717, 1.165) is 10.4 Å². The van der Waals surface area contributed by atoms with E-state index in [4.69, 9.17) is 34.8 Å². The molecule has 0 bridgehead atoms. The summed E-state index contributed by atoms with van der Waals surface area (Å²) in [4.78, 5) is 0.848. The van der Waals surface area contributed by atoms with Crippen LogP contribution in [0.5, 0.6) is 0 Å². The molecule has 17 heavy (non-hydrogen) atoms. The molecule has 0 aliphatic heterocycles. The summed E-state index contributed by atoms with van der Waals surface area (Å²) < 4.78 is 0. The largest absolute Gasteiger partial charge is 0.387 e. The molecule has 1 aromatic carbocycles. The molecule has 0 aliphatic carbocycles. The van der Waals surface area contributed by atoms with Gasteiger partial charge in [0.25, 0.3) is 0 Å². The summed E-state index contributed by atoms with van der Waals surface area (Å²) in [7, 11) is 0. The highest BCUT2D eigenvalue weighted by Crippen LogP contribution is 2.29. The third-order valence-electron chi connectivity index (χ3n) is 2.33. The van der Waals surface area contributed by atoms with Gasteiger partial charge in [-0.25, -0.2) is 0 Å². The predicted molar refractivity (Wildman–Crippen MR) is 74.5 cm³/mol. The first kappa shape index (κ1) is 13.2. The number of thiophene rings is 1. The first-order valence-corrected chi connectivity index (χ1v) is 6.93. The van der Waals surface area contributed by atoms with Gasteiger partial charge in [0.2, 0.25) is 0 Å². The Hall–Kier alpha value is -0.250. The molecule has 2 rings (SSSR count). The molecule has 0 spiro atoms. The maximum atomic E-state index is 10.0. The molecule has 1 unspecified atom stereocenters. The molecule has 0 fully saturated rings. The minimum absolute atomic E-state index is 0.494. The highest BCUT2D eigenvalue weighted by Gasteiger charge is 2.11. The summed E-state index contributed by atoms with van der Waals surface area (Å²) in [5, 5.41) is 13.5. The molecular weight excluding hydrogens is 299 g/mol. The van der Waals surface area contributed by atoms with E-state index in [2.05, 4.69) is 0 Å². The van der Waals surface area contributed by atoms with Gasteiger partial charge in [0.15, 0.2) is 0 Å². The molecule has 0 saturated heterocycles. The lowest BCUT2D eigenvalue weighted by Gasteiger charge is -2.09. The van der Waals surface area contributed by atoms with Gasteiger partial charge in [-0.3, -0.25) is 0 Å². The van der Waals surface area contributed by atoms with Crippen LogP contribution in [-0.2, 0) is 6.42 Å². The monoisotopic (exact) mass is 306 g/mol. The zero-order chi connectivity index (χ0) is 12.4. The van der Waals surface area contributed by atoms with Crippen LogP contribution in [0.2, 0.25) is 15.1 Å². The summed E-state index contributed by atoms with van der Waals surface area (Å²) in [5.41, 5.74) is 0.941. The standard InChI is InChI=1S/C12H9Cl3OS/c13-8-5-12(17-6-8)11(16)4-7-1-2-9(14)10(15)3-7/h1-3,5-6,11,16H,4H2. The third-order valence-corrected chi connectivity index (χ3v) is 4.45. The van der Waals surface area contributed by atoms with Crippen LogP contribution in [0.1, 0.15) is 16.5 Å². The van der Waals surface area contributed by atoms with Gasteiger partial charge in [0.05, 0.1) is 21.2 Å². The highest BCUT2D eigenvalue weighted by molar-refractivity contribution is 7.10. The number of aliphatic hydroxyl groups excluding tert-OH is 1. The summed E-state index contributed by atoms with van der Waals surface area (Å²) in [6, 6.07) is 7.12. The zero-order valence-corrected chi connectivity index (χ0v) is 11.7. The van der Waals surface area contributed by atoms with Crippen molar-refractivity contribution >= 4 is 46.1 Å². The Labute approximate surface area is 119 Å². The van der Waals surface area contributed by atoms with Gasteiger partial charge in [-0.1, -0.05) is 40.9 Å². The van der Waals surface area contributed by atoms with E-state index in [9.17, 15) is 5.11 Å². The van der Waals surface area contributed by atoms with Gasteiger partial charge in [0.1, 0.15) is 0 Å². The molecule has 5 heteroatoms. The molecular formula is C12H9Cl3OS. The van der Waals surface area contributed by atoms with E-state index in [1.807, 2.05) is 6.07 Å². The number of halogens is 3. The summed E-state index contributed by atoms with van der Waals surface area (Å²) >= 11 is 19.0. The van der Waals surface area contributed by atoms with Crippen LogP contribution in [0.25, 0.3) is 0 Å². The Bertz CT molecular complexity index is 524. The molecule has 1 nitrogen and oxygen atoms in total. The SMILES string of the molecule is OC(Cc1ccc(Cl)c(Cl)c1)c1cc(Cl)cs1. The van der Waals surface area contributed by atoms with Crippen LogP contribution >= 0.6 is 46.1 Å². The number of benzene rings is 1. The third kappa shape index (κ3) is 3.36. The van der Waals surface area contributed by atoms with Crippen molar-refractivity contribution in [2.75, 3.05) is 0 Å². The lowest BCUT2D eigenvalue weighted by Crippen LogP contribution is -1.99. The van der Waals surface area contributed by atoms with Crippen LogP contribution in [0.4, 0.5) is 0 Å².